The summed E-state index contributed by atoms with van der Waals surface area (Å²) in [5, 5.41) is 5.34. The van der Waals surface area contributed by atoms with Gasteiger partial charge >= 0.3 is 0 Å². The summed E-state index contributed by atoms with van der Waals surface area (Å²) in [6.07, 6.45) is 0. The van der Waals surface area contributed by atoms with E-state index in [9.17, 15) is 18.4 Å². The topological polar surface area (TPSA) is 67.4 Å². The number of methoxy groups -OCH3 is 1. The maximum atomic E-state index is 14.0. The number of ether oxygens (including phenoxy) is 1. The van der Waals surface area contributed by atoms with Gasteiger partial charge in [-0.05, 0) is 61.0 Å². The first-order valence-electron chi connectivity index (χ1n) is 8.80. The minimum atomic E-state index is -0.773. The maximum absolute atomic E-state index is 14.0. The molecule has 3 aromatic carbocycles. The Bertz CT molecular complexity index is 1140. The van der Waals surface area contributed by atoms with Crippen LogP contribution in [0.1, 0.15) is 26.3 Å². The lowest BCUT2D eigenvalue weighted by Crippen LogP contribution is -2.16. The van der Waals surface area contributed by atoms with Gasteiger partial charge in [-0.15, -0.1) is 0 Å². The molecule has 3 aromatic rings. The number of rotatable bonds is 5. The van der Waals surface area contributed by atoms with Crippen LogP contribution >= 0.6 is 11.6 Å². The second kappa shape index (κ2) is 8.92. The minimum absolute atomic E-state index is 0.141. The number of carbonyl (C=O) groups is 2. The number of hydrogen-bond donors (Lipinski definition) is 2. The van der Waals surface area contributed by atoms with E-state index < -0.39 is 23.4 Å². The maximum Gasteiger partial charge on any atom is 0.258 e. The number of aryl methyl sites for hydroxylation is 1. The minimum Gasteiger partial charge on any atom is -0.495 e. The van der Waals surface area contributed by atoms with Crippen LogP contribution in [0.2, 0.25) is 5.02 Å². The third-order valence-electron chi connectivity index (χ3n) is 4.32. The van der Waals surface area contributed by atoms with Gasteiger partial charge in [0.2, 0.25) is 0 Å². The Morgan fingerprint density at radius 2 is 1.67 bits per heavy atom. The molecule has 8 heteroatoms. The summed E-state index contributed by atoms with van der Waals surface area (Å²) in [5.41, 5.74) is 0.905. The zero-order valence-corrected chi connectivity index (χ0v) is 16.8. The van der Waals surface area contributed by atoms with E-state index in [1.165, 1.54) is 43.5 Å². The van der Waals surface area contributed by atoms with Crippen LogP contribution in [-0.2, 0) is 0 Å². The fourth-order valence-corrected chi connectivity index (χ4v) is 2.84. The molecule has 0 saturated carbocycles. The zero-order chi connectivity index (χ0) is 21.8. The molecule has 2 amide bonds. The largest absolute Gasteiger partial charge is 0.495 e. The molecule has 0 heterocycles. The molecular formula is C22H17ClF2N2O3. The molecular weight excluding hydrogens is 414 g/mol. The van der Waals surface area contributed by atoms with Gasteiger partial charge in [-0.2, -0.15) is 0 Å². The molecule has 0 atom stereocenters. The predicted molar refractivity (Wildman–Crippen MR) is 111 cm³/mol. The van der Waals surface area contributed by atoms with Gasteiger partial charge in [-0.3, -0.25) is 9.59 Å². The Hall–Kier alpha value is -3.45. The van der Waals surface area contributed by atoms with Gasteiger partial charge in [-0.25, -0.2) is 8.78 Å². The summed E-state index contributed by atoms with van der Waals surface area (Å²) in [6.45, 7) is 1.60. The summed E-state index contributed by atoms with van der Waals surface area (Å²) in [4.78, 5) is 24.9. The van der Waals surface area contributed by atoms with E-state index in [1.54, 1.807) is 13.0 Å². The third kappa shape index (κ3) is 4.75. The summed E-state index contributed by atoms with van der Waals surface area (Å²) in [6, 6.07) is 12.4. The smallest absolute Gasteiger partial charge is 0.258 e. The first kappa shape index (κ1) is 21.3. The molecule has 0 bridgehead atoms. The van der Waals surface area contributed by atoms with Crippen LogP contribution in [0.25, 0.3) is 0 Å². The van der Waals surface area contributed by atoms with Gasteiger partial charge in [0.15, 0.2) is 0 Å². The van der Waals surface area contributed by atoms with Crippen LogP contribution in [0.5, 0.6) is 5.75 Å². The van der Waals surface area contributed by atoms with E-state index in [4.69, 9.17) is 16.3 Å². The van der Waals surface area contributed by atoms with Crippen molar-refractivity contribution in [2.24, 2.45) is 0 Å². The average Bonchev–Trinajstić information content (AvgIpc) is 2.70. The van der Waals surface area contributed by atoms with E-state index in [-0.39, 0.29) is 21.8 Å². The van der Waals surface area contributed by atoms with Crippen molar-refractivity contribution in [3.63, 3.8) is 0 Å². The van der Waals surface area contributed by atoms with Crippen LogP contribution in [-0.4, -0.2) is 18.9 Å². The molecule has 0 radical (unpaired) electrons. The second-order valence-electron chi connectivity index (χ2n) is 6.41. The summed E-state index contributed by atoms with van der Waals surface area (Å²) in [5.74, 6) is -2.20. The fraction of sp³-hybridized carbons (Fsp3) is 0.0909. The number of amides is 2. The molecule has 5 nitrogen and oxygen atoms in total. The van der Waals surface area contributed by atoms with Crippen molar-refractivity contribution < 1.29 is 23.1 Å². The average molecular weight is 431 g/mol. The molecule has 154 valence electrons. The van der Waals surface area contributed by atoms with Crippen LogP contribution in [0.15, 0.2) is 54.6 Å². The van der Waals surface area contributed by atoms with Crippen molar-refractivity contribution >= 4 is 34.8 Å². The van der Waals surface area contributed by atoms with Gasteiger partial charge in [0.1, 0.15) is 17.4 Å². The van der Waals surface area contributed by atoms with Crippen LogP contribution in [0.3, 0.4) is 0 Å². The van der Waals surface area contributed by atoms with Gasteiger partial charge in [0.25, 0.3) is 11.8 Å². The molecule has 0 aliphatic heterocycles. The third-order valence-corrected chi connectivity index (χ3v) is 4.55. The Morgan fingerprint density at radius 1 is 0.900 bits per heavy atom. The number of hydrogen-bond acceptors (Lipinski definition) is 3. The molecule has 0 aliphatic carbocycles. The fourth-order valence-electron chi connectivity index (χ4n) is 2.68. The van der Waals surface area contributed by atoms with Crippen LogP contribution in [0.4, 0.5) is 20.2 Å². The van der Waals surface area contributed by atoms with Crippen molar-refractivity contribution in [3.05, 3.63) is 87.9 Å². The lowest BCUT2D eigenvalue weighted by molar-refractivity contribution is 0.101. The van der Waals surface area contributed by atoms with Crippen LogP contribution < -0.4 is 15.4 Å². The van der Waals surface area contributed by atoms with Crippen LogP contribution in [0, 0.1) is 18.6 Å². The Labute approximate surface area is 176 Å². The highest BCUT2D eigenvalue weighted by molar-refractivity contribution is 6.30. The second-order valence-corrected chi connectivity index (χ2v) is 6.85. The Morgan fingerprint density at radius 3 is 2.33 bits per heavy atom. The van der Waals surface area contributed by atoms with Gasteiger partial charge in [0, 0.05) is 16.3 Å². The first-order valence-corrected chi connectivity index (χ1v) is 9.18. The first-order chi connectivity index (χ1) is 14.3. The van der Waals surface area contributed by atoms with E-state index in [0.717, 1.165) is 12.1 Å². The van der Waals surface area contributed by atoms with Gasteiger partial charge in [-0.1, -0.05) is 17.7 Å². The van der Waals surface area contributed by atoms with Crippen molar-refractivity contribution in [3.8, 4) is 5.75 Å². The summed E-state index contributed by atoms with van der Waals surface area (Å²) < 4.78 is 33.0. The number of anilines is 2. The molecule has 0 aliphatic rings. The molecule has 0 aromatic heterocycles. The molecule has 0 spiro atoms. The quantitative estimate of drug-likeness (QED) is 0.566. The lowest BCUT2D eigenvalue weighted by Gasteiger charge is -2.13. The molecule has 0 saturated heterocycles. The highest BCUT2D eigenvalue weighted by Crippen LogP contribution is 2.29. The SMILES string of the molecule is COc1ccc(NC(=O)c2ccc(C)c(F)c2)cc1NC(=O)c1ccc(Cl)cc1F. The predicted octanol–water partition coefficient (Wildman–Crippen LogP) is 5.44. The van der Waals surface area contributed by atoms with E-state index in [2.05, 4.69) is 10.6 Å². The van der Waals surface area contributed by atoms with E-state index >= 15 is 0 Å². The molecule has 0 fully saturated rings. The van der Waals surface area contributed by atoms with Crippen molar-refractivity contribution in [1.82, 2.24) is 0 Å². The summed E-state index contributed by atoms with van der Waals surface area (Å²) >= 11 is 5.71. The van der Waals surface area contributed by atoms with Crippen molar-refractivity contribution in [2.75, 3.05) is 17.7 Å². The monoisotopic (exact) mass is 430 g/mol. The molecule has 2 N–H and O–H groups in total. The van der Waals surface area contributed by atoms with Gasteiger partial charge < -0.3 is 15.4 Å². The standard InChI is InChI=1S/C22H17ClF2N2O3/c1-12-3-4-13(9-17(12)24)21(28)26-15-6-8-20(30-2)19(11-15)27-22(29)16-7-5-14(23)10-18(16)25/h3-11H,1-2H3,(H,26,28)(H,27,29). The summed E-state index contributed by atoms with van der Waals surface area (Å²) in [7, 11) is 1.40. The Balaban J connectivity index is 1.83. The number of benzene rings is 3. The number of halogens is 3. The number of carbonyl (C=O) groups excluding carboxylic acids is 2. The Kier molecular flexibility index (Phi) is 6.32. The highest BCUT2D eigenvalue weighted by Gasteiger charge is 2.16. The molecule has 0 unspecified atom stereocenters. The van der Waals surface area contributed by atoms with Crippen molar-refractivity contribution in [2.45, 2.75) is 6.92 Å². The van der Waals surface area contributed by atoms with Crippen molar-refractivity contribution in [1.29, 1.82) is 0 Å². The molecule has 3 rings (SSSR count). The highest BCUT2D eigenvalue weighted by atomic mass is 35.5. The normalized spacial score (nSPS) is 10.4. The van der Waals surface area contributed by atoms with Gasteiger partial charge in [0.05, 0.1) is 18.4 Å². The van der Waals surface area contributed by atoms with E-state index in [0.29, 0.717) is 17.0 Å². The number of nitrogens with one attached hydrogen (secondary N) is 2. The van der Waals surface area contributed by atoms with E-state index in [1.807, 2.05) is 0 Å². The lowest BCUT2D eigenvalue weighted by atomic mass is 10.1. The molecule has 30 heavy (non-hydrogen) atoms. The zero-order valence-electron chi connectivity index (χ0n) is 16.1.